The van der Waals surface area contributed by atoms with Gasteiger partial charge < -0.3 is 39.1 Å². The van der Waals surface area contributed by atoms with Crippen LogP contribution in [0.1, 0.15) is 71.2 Å². The van der Waals surface area contributed by atoms with Crippen molar-refractivity contribution in [2.75, 3.05) is 33.4 Å². The van der Waals surface area contributed by atoms with E-state index in [1.807, 2.05) is 0 Å². The fourth-order valence-electron chi connectivity index (χ4n) is 5.86. The largest absolute Gasteiger partial charge is 0.486 e. The summed E-state index contributed by atoms with van der Waals surface area (Å²) in [4.78, 5) is 46.0. The van der Waals surface area contributed by atoms with Gasteiger partial charge in [-0.15, -0.1) is 0 Å². The van der Waals surface area contributed by atoms with Crippen molar-refractivity contribution in [3.05, 3.63) is 83.1 Å². The van der Waals surface area contributed by atoms with Crippen molar-refractivity contribution in [2.45, 2.75) is 70.6 Å². The number of oxazole rings is 1. The topological polar surface area (TPSA) is 164 Å². The number of benzene rings is 2. The predicted octanol–water partition coefficient (Wildman–Crippen LogP) is 3.52. The Balaban J connectivity index is 1.24. The van der Waals surface area contributed by atoms with E-state index < -0.39 is 29.4 Å². The first kappa shape index (κ1) is 34.9. The maximum atomic E-state index is 13.4. The number of aliphatic hydroxyl groups is 2. The molecule has 3 amide bonds. The molecule has 3 aromatic rings. The van der Waals surface area contributed by atoms with E-state index in [1.165, 1.54) is 18.5 Å². The lowest BCUT2D eigenvalue weighted by Gasteiger charge is -2.46. The highest BCUT2D eigenvalue weighted by atomic mass is 16.6. The molecule has 0 radical (unpaired) electrons. The molecular weight excluding hydrogens is 620 g/mol. The summed E-state index contributed by atoms with van der Waals surface area (Å²) in [6, 6.07) is 11.5. The quantitative estimate of drug-likeness (QED) is 0.292. The Kier molecular flexibility index (Phi) is 10.7. The van der Waals surface area contributed by atoms with Crippen molar-refractivity contribution in [1.82, 2.24) is 20.1 Å². The Hall–Kier alpha value is -4.46. The molecule has 48 heavy (non-hydrogen) atoms. The molecule has 5 rings (SSSR count). The van der Waals surface area contributed by atoms with Gasteiger partial charge in [0.15, 0.2) is 17.9 Å². The lowest BCUT2D eigenvalue weighted by atomic mass is 9.87. The molecule has 1 aromatic heterocycles. The van der Waals surface area contributed by atoms with Crippen LogP contribution in [-0.4, -0.2) is 93.7 Å². The van der Waals surface area contributed by atoms with Crippen LogP contribution in [0.2, 0.25) is 0 Å². The first-order chi connectivity index (χ1) is 22.8. The number of rotatable bonds is 10. The van der Waals surface area contributed by atoms with Crippen molar-refractivity contribution in [2.24, 2.45) is 5.92 Å². The normalized spacial score (nSPS) is 20.0. The third kappa shape index (κ3) is 8.52. The molecule has 0 spiro atoms. The van der Waals surface area contributed by atoms with Crippen LogP contribution < -0.4 is 10.1 Å². The molecule has 3 N–H and O–H groups in total. The van der Waals surface area contributed by atoms with Gasteiger partial charge in [0.1, 0.15) is 24.1 Å². The number of fused-ring (bicyclic) bond motifs is 1. The number of carbonyl (C=O) groups excluding carboxylic acids is 3. The zero-order valence-corrected chi connectivity index (χ0v) is 27.8. The number of amides is 3. The van der Waals surface area contributed by atoms with E-state index in [9.17, 15) is 24.6 Å². The summed E-state index contributed by atoms with van der Waals surface area (Å²) in [7, 11) is 1.75. The Bertz CT molecular complexity index is 1570. The number of hydrogen-bond acceptors (Lipinski definition) is 10. The summed E-state index contributed by atoms with van der Waals surface area (Å²) < 4.78 is 22.1. The zero-order valence-electron chi connectivity index (χ0n) is 27.8. The maximum absolute atomic E-state index is 13.4. The third-order valence-electron chi connectivity index (χ3n) is 8.42. The highest BCUT2D eigenvalue weighted by Gasteiger charge is 2.49. The van der Waals surface area contributed by atoms with E-state index in [1.54, 1.807) is 69.2 Å². The van der Waals surface area contributed by atoms with Gasteiger partial charge in [0.2, 0.25) is 0 Å². The van der Waals surface area contributed by atoms with Crippen LogP contribution in [-0.2, 0) is 29.0 Å². The second kappa shape index (κ2) is 14.8. The maximum Gasteiger partial charge on any atom is 0.412 e. The Morgan fingerprint density at radius 1 is 1.15 bits per heavy atom. The summed E-state index contributed by atoms with van der Waals surface area (Å²) in [5.41, 5.74) is -0.869. The van der Waals surface area contributed by atoms with E-state index in [0.29, 0.717) is 47.3 Å². The highest BCUT2D eigenvalue weighted by Crippen LogP contribution is 2.35. The average Bonchev–Trinajstić information content (AvgIpc) is 3.59. The fourth-order valence-corrected chi connectivity index (χ4v) is 5.86. The molecule has 0 bridgehead atoms. The highest BCUT2D eigenvalue weighted by molar-refractivity contribution is 5.97. The number of aromatic nitrogens is 1. The van der Waals surface area contributed by atoms with E-state index >= 15 is 0 Å². The number of ether oxygens (including phenoxy) is 3. The Morgan fingerprint density at radius 3 is 2.56 bits per heavy atom. The van der Waals surface area contributed by atoms with Crippen LogP contribution in [0.3, 0.4) is 0 Å². The summed E-state index contributed by atoms with van der Waals surface area (Å²) in [5.74, 6) is 0.688. The summed E-state index contributed by atoms with van der Waals surface area (Å²) in [6.45, 7) is 6.81. The standard InChI is InChI=1S/C35H44N4O9/c1-34(2,3)48-33(43)39-19-27-14-28(46-21-29-16-36-22-47-29)12-11-26(27)15-35(39,44)30(40)17-37-31(41)24-7-9-25(10-8-24)32(42)38(4)18-23-6-5-13-45-20-23/h7-12,14,16,22-23,30,40,44H,5-6,13,15,17-21H2,1-4H3,(H,37,41)/t23?,30-,35+/m1/s1. The predicted molar refractivity (Wildman–Crippen MR) is 173 cm³/mol. The molecule has 2 aliphatic rings. The molecule has 3 atom stereocenters. The van der Waals surface area contributed by atoms with Crippen LogP contribution in [0.5, 0.6) is 5.75 Å². The van der Waals surface area contributed by atoms with E-state index in [4.69, 9.17) is 18.6 Å². The molecule has 1 fully saturated rings. The summed E-state index contributed by atoms with van der Waals surface area (Å²) in [6.07, 6.45) is 2.33. The molecule has 13 nitrogen and oxygen atoms in total. The van der Waals surface area contributed by atoms with Crippen LogP contribution in [0.25, 0.3) is 0 Å². The molecule has 2 aromatic carbocycles. The number of nitrogens with one attached hydrogen (secondary N) is 1. The van der Waals surface area contributed by atoms with Crippen LogP contribution in [0.4, 0.5) is 4.79 Å². The number of aliphatic hydroxyl groups excluding tert-OH is 1. The minimum atomic E-state index is -2.10. The number of nitrogens with zero attached hydrogens (tertiary/aromatic N) is 3. The lowest BCUT2D eigenvalue weighted by molar-refractivity contribution is -0.177. The smallest absolute Gasteiger partial charge is 0.412 e. The van der Waals surface area contributed by atoms with Crippen LogP contribution in [0, 0.1) is 5.92 Å². The van der Waals surface area contributed by atoms with Crippen molar-refractivity contribution < 1.29 is 43.2 Å². The van der Waals surface area contributed by atoms with Gasteiger partial charge >= 0.3 is 6.09 Å². The molecule has 13 heteroatoms. The van der Waals surface area contributed by atoms with Gasteiger partial charge in [0.05, 0.1) is 19.3 Å². The zero-order chi connectivity index (χ0) is 34.5. The van der Waals surface area contributed by atoms with Crippen molar-refractivity contribution in [3.8, 4) is 5.75 Å². The van der Waals surface area contributed by atoms with E-state index in [0.717, 1.165) is 24.3 Å². The van der Waals surface area contributed by atoms with Gasteiger partial charge in [-0.05, 0) is 87.1 Å². The molecule has 0 saturated carbocycles. The third-order valence-corrected chi connectivity index (χ3v) is 8.42. The second-order valence-electron chi connectivity index (χ2n) is 13.4. The first-order valence-electron chi connectivity index (χ1n) is 16.1. The Morgan fingerprint density at radius 2 is 1.90 bits per heavy atom. The van der Waals surface area contributed by atoms with E-state index in [2.05, 4.69) is 10.3 Å². The summed E-state index contributed by atoms with van der Waals surface area (Å²) >= 11 is 0. The second-order valence-corrected chi connectivity index (χ2v) is 13.4. The van der Waals surface area contributed by atoms with Crippen molar-refractivity contribution in [3.63, 3.8) is 0 Å². The van der Waals surface area contributed by atoms with Gasteiger partial charge in [-0.1, -0.05) is 6.07 Å². The van der Waals surface area contributed by atoms with Crippen molar-refractivity contribution >= 4 is 17.9 Å². The first-order valence-corrected chi connectivity index (χ1v) is 16.1. The van der Waals surface area contributed by atoms with Crippen molar-refractivity contribution in [1.29, 1.82) is 0 Å². The molecule has 1 saturated heterocycles. The number of hydrogen-bond donors (Lipinski definition) is 3. The molecule has 3 heterocycles. The molecule has 258 valence electrons. The van der Waals surface area contributed by atoms with Crippen LogP contribution >= 0.6 is 0 Å². The van der Waals surface area contributed by atoms with Gasteiger partial charge in [0.25, 0.3) is 11.8 Å². The van der Waals surface area contributed by atoms with E-state index in [-0.39, 0.29) is 37.6 Å². The lowest BCUT2D eigenvalue weighted by Crippen LogP contribution is -2.64. The fraction of sp³-hybridized carbons (Fsp3) is 0.486. The molecule has 2 aliphatic heterocycles. The molecule has 0 aliphatic carbocycles. The SMILES string of the molecule is CN(CC1CCCOC1)C(=O)c1ccc(C(=O)NC[C@@H](O)[C@@]2(O)Cc3ccc(OCc4cnco4)cc3CN2C(=O)OC(C)(C)C)cc1. The van der Waals surface area contributed by atoms with Gasteiger partial charge in [-0.2, -0.15) is 0 Å². The minimum absolute atomic E-state index is 0.0804. The minimum Gasteiger partial charge on any atom is -0.486 e. The van der Waals surface area contributed by atoms with Gasteiger partial charge in [-0.25, -0.2) is 9.78 Å². The Labute approximate surface area is 279 Å². The summed E-state index contributed by atoms with van der Waals surface area (Å²) in [5, 5.41) is 25.8. The van der Waals surface area contributed by atoms with Gasteiger partial charge in [0, 0.05) is 44.3 Å². The molecular formula is C35H44N4O9. The van der Waals surface area contributed by atoms with Crippen LogP contribution in [0.15, 0.2) is 59.5 Å². The molecule has 1 unspecified atom stereocenters. The number of carbonyl (C=O) groups is 3. The van der Waals surface area contributed by atoms with Gasteiger partial charge in [-0.3, -0.25) is 14.5 Å². The average molecular weight is 665 g/mol. The monoisotopic (exact) mass is 664 g/mol.